The average molecular weight is 788 g/mol. The Bertz CT molecular complexity index is 1350. The molecule has 1 aromatic carbocycles. The molecule has 0 aliphatic carbocycles. The van der Waals surface area contributed by atoms with Gasteiger partial charge in [0, 0.05) is 26.1 Å². The molecule has 3 atom stereocenters. The van der Waals surface area contributed by atoms with Crippen LogP contribution in [0.15, 0.2) is 29.8 Å². The van der Waals surface area contributed by atoms with E-state index in [1.54, 1.807) is 11.3 Å². The Morgan fingerprint density at radius 2 is 1.43 bits per heavy atom. The van der Waals surface area contributed by atoms with Crippen LogP contribution in [0.3, 0.4) is 0 Å². The van der Waals surface area contributed by atoms with E-state index in [1.165, 1.54) is 4.90 Å². The van der Waals surface area contributed by atoms with E-state index >= 15 is 0 Å². The highest BCUT2D eigenvalue weighted by Crippen LogP contribution is 2.28. The molecule has 1 unspecified atom stereocenters. The van der Waals surface area contributed by atoms with Crippen LogP contribution < -0.4 is 16.4 Å². The molecule has 2 aromatic rings. The number of carbonyl (C=O) groups excluding carboxylic acids is 3. The van der Waals surface area contributed by atoms with Crippen LogP contribution in [0.2, 0.25) is 0 Å². The number of amides is 3. The van der Waals surface area contributed by atoms with Crippen molar-refractivity contribution < 1.29 is 47.9 Å². The quantitative estimate of drug-likeness (QED) is 0.107. The first kappa shape index (κ1) is 46.4. The number of carbonyl (C=O) groups is 3. The molecule has 3 rings (SSSR count). The number of aromatic nitrogens is 1. The fourth-order valence-corrected chi connectivity index (χ4v) is 6.14. The maximum absolute atomic E-state index is 13.8. The van der Waals surface area contributed by atoms with Crippen molar-refractivity contribution >= 4 is 41.5 Å². The van der Waals surface area contributed by atoms with Gasteiger partial charge >= 0.3 is 0 Å². The van der Waals surface area contributed by atoms with Gasteiger partial charge in [0.05, 0.1) is 94.9 Å². The number of ether oxygens (including phenoxy) is 6. The molecule has 53 heavy (non-hydrogen) atoms. The van der Waals surface area contributed by atoms with Crippen molar-refractivity contribution in [3.63, 3.8) is 0 Å². The minimum atomic E-state index is -0.946. The SMILES string of the molecule is Cc1ncsc1-c1ccc(CNC(=O)[C@@H]2C[C@@H](O)CN2C(=O)C(NC(=O)COCCOCCOCCOCCOCCOCCN)C(C)(C)C)cc1.Cl. The molecule has 1 saturated heterocycles. The number of hydrogen-bond acceptors (Lipinski definition) is 13. The lowest BCUT2D eigenvalue weighted by molar-refractivity contribution is -0.144. The lowest BCUT2D eigenvalue weighted by atomic mass is 9.85. The minimum absolute atomic E-state index is 0. The summed E-state index contributed by atoms with van der Waals surface area (Å²) >= 11 is 1.57. The van der Waals surface area contributed by atoms with Gasteiger partial charge < -0.3 is 54.8 Å². The zero-order valence-electron chi connectivity index (χ0n) is 31.3. The number of β-amino-alcohol motifs (C(OH)–C–C–N with tert-alkyl or cyclic N) is 1. The van der Waals surface area contributed by atoms with Gasteiger partial charge in [0.15, 0.2) is 0 Å². The van der Waals surface area contributed by atoms with E-state index in [4.69, 9.17) is 34.2 Å². The number of nitrogens with one attached hydrogen (secondary N) is 2. The Kier molecular flexibility index (Phi) is 22.2. The number of benzene rings is 1. The average Bonchev–Trinajstić information content (AvgIpc) is 3.73. The van der Waals surface area contributed by atoms with Gasteiger partial charge in [0.2, 0.25) is 17.7 Å². The van der Waals surface area contributed by atoms with E-state index in [0.717, 1.165) is 21.7 Å². The lowest BCUT2D eigenvalue weighted by Gasteiger charge is -2.35. The van der Waals surface area contributed by atoms with Crippen molar-refractivity contribution in [2.24, 2.45) is 11.1 Å². The number of aliphatic hydroxyl groups is 1. The molecular weight excluding hydrogens is 730 g/mol. The molecule has 0 radical (unpaired) electrons. The van der Waals surface area contributed by atoms with Crippen molar-refractivity contribution in [2.45, 2.75) is 58.8 Å². The van der Waals surface area contributed by atoms with Crippen LogP contribution in [0.25, 0.3) is 10.4 Å². The molecule has 1 aliphatic heterocycles. The van der Waals surface area contributed by atoms with Crippen LogP contribution in [0.4, 0.5) is 0 Å². The molecule has 1 aliphatic rings. The Morgan fingerprint density at radius 3 is 1.92 bits per heavy atom. The fourth-order valence-electron chi connectivity index (χ4n) is 5.33. The summed E-state index contributed by atoms with van der Waals surface area (Å²) in [6, 6.07) is 6.05. The number of hydrogen-bond donors (Lipinski definition) is 4. The number of likely N-dealkylation sites (tertiary alicyclic amines) is 1. The highest BCUT2D eigenvalue weighted by atomic mass is 35.5. The van der Waals surface area contributed by atoms with Gasteiger partial charge in [-0.05, 0) is 23.5 Å². The summed E-state index contributed by atoms with van der Waals surface area (Å²) in [7, 11) is 0. The van der Waals surface area contributed by atoms with Gasteiger partial charge in [-0.15, -0.1) is 23.7 Å². The van der Waals surface area contributed by atoms with Crippen LogP contribution in [-0.2, 0) is 49.3 Å². The monoisotopic (exact) mass is 787 g/mol. The third-order valence-electron chi connectivity index (χ3n) is 8.07. The second-order valence-electron chi connectivity index (χ2n) is 13.3. The molecule has 3 amide bonds. The van der Waals surface area contributed by atoms with Gasteiger partial charge in [0.25, 0.3) is 0 Å². The number of nitrogens with two attached hydrogens (primary N) is 1. The summed E-state index contributed by atoms with van der Waals surface area (Å²) in [6.45, 7) is 12.5. The molecule has 17 heteroatoms. The second-order valence-corrected chi connectivity index (χ2v) is 14.2. The van der Waals surface area contributed by atoms with Crippen LogP contribution in [0.5, 0.6) is 0 Å². The second kappa shape index (κ2) is 25.3. The number of thiazole rings is 1. The molecular formula is C36H58ClN5O10S. The van der Waals surface area contributed by atoms with Crippen LogP contribution >= 0.6 is 23.7 Å². The highest BCUT2D eigenvalue weighted by molar-refractivity contribution is 7.13. The topological polar surface area (TPSA) is 193 Å². The molecule has 1 fully saturated rings. The first-order valence-corrected chi connectivity index (χ1v) is 18.6. The third kappa shape index (κ3) is 17.1. The van der Waals surface area contributed by atoms with E-state index in [2.05, 4.69) is 15.6 Å². The molecule has 300 valence electrons. The van der Waals surface area contributed by atoms with E-state index in [9.17, 15) is 19.5 Å². The zero-order valence-corrected chi connectivity index (χ0v) is 33.0. The molecule has 0 bridgehead atoms. The summed E-state index contributed by atoms with van der Waals surface area (Å²) in [5.74, 6) is -1.27. The van der Waals surface area contributed by atoms with Crippen molar-refractivity contribution in [3.8, 4) is 10.4 Å². The first-order valence-electron chi connectivity index (χ1n) is 17.7. The van der Waals surface area contributed by atoms with Crippen LogP contribution in [0.1, 0.15) is 38.4 Å². The van der Waals surface area contributed by atoms with Crippen molar-refractivity contribution in [1.29, 1.82) is 0 Å². The van der Waals surface area contributed by atoms with Gasteiger partial charge in [-0.3, -0.25) is 14.4 Å². The number of rotatable bonds is 25. The number of aliphatic hydroxyl groups excluding tert-OH is 1. The molecule has 0 saturated carbocycles. The molecule has 5 N–H and O–H groups in total. The smallest absolute Gasteiger partial charge is 0.246 e. The third-order valence-corrected chi connectivity index (χ3v) is 9.04. The normalized spacial score (nSPS) is 16.3. The molecule has 2 heterocycles. The van der Waals surface area contributed by atoms with Crippen molar-refractivity contribution in [2.75, 3.05) is 92.4 Å². The van der Waals surface area contributed by atoms with Crippen molar-refractivity contribution in [1.82, 2.24) is 20.5 Å². The Labute approximate surface area is 323 Å². The van der Waals surface area contributed by atoms with Gasteiger partial charge in [0.1, 0.15) is 18.7 Å². The maximum atomic E-state index is 13.8. The van der Waals surface area contributed by atoms with E-state index < -0.39 is 35.4 Å². The largest absolute Gasteiger partial charge is 0.391 e. The summed E-state index contributed by atoms with van der Waals surface area (Å²) in [4.78, 5) is 46.7. The lowest BCUT2D eigenvalue weighted by Crippen LogP contribution is -2.58. The number of halogens is 1. The number of nitrogens with zero attached hydrogens (tertiary/aromatic N) is 2. The van der Waals surface area contributed by atoms with E-state index in [0.29, 0.717) is 66.0 Å². The maximum Gasteiger partial charge on any atom is 0.246 e. The van der Waals surface area contributed by atoms with E-state index in [1.807, 2.05) is 57.5 Å². The van der Waals surface area contributed by atoms with Crippen LogP contribution in [0, 0.1) is 12.3 Å². The van der Waals surface area contributed by atoms with Gasteiger partial charge in [-0.2, -0.15) is 0 Å². The predicted molar refractivity (Wildman–Crippen MR) is 203 cm³/mol. The zero-order chi connectivity index (χ0) is 37.8. The Morgan fingerprint density at radius 1 is 0.906 bits per heavy atom. The Balaban J connectivity index is 0.00000972. The predicted octanol–water partition coefficient (Wildman–Crippen LogP) is 1.71. The summed E-state index contributed by atoms with van der Waals surface area (Å²) < 4.78 is 32.4. The first-order chi connectivity index (χ1) is 25.0. The fraction of sp³-hybridized carbons (Fsp3) is 0.667. The molecule has 1 aromatic heterocycles. The molecule has 0 spiro atoms. The molecule has 15 nitrogen and oxygen atoms in total. The highest BCUT2D eigenvalue weighted by Gasteiger charge is 2.44. The van der Waals surface area contributed by atoms with Crippen LogP contribution in [-0.4, -0.2) is 143 Å². The van der Waals surface area contributed by atoms with E-state index in [-0.39, 0.29) is 57.6 Å². The van der Waals surface area contributed by atoms with Gasteiger partial charge in [-0.25, -0.2) is 4.98 Å². The van der Waals surface area contributed by atoms with Crippen molar-refractivity contribution in [3.05, 3.63) is 41.0 Å². The summed E-state index contributed by atoms with van der Waals surface area (Å²) in [5.41, 5.74) is 9.39. The Hall–Kier alpha value is -2.77. The standard InChI is InChI=1S/C36H57N5O10S.ClH/c1-26-32(52-25-39-26)28-7-5-27(6-8-28)22-38-34(44)30-21-29(42)23-41(30)35(45)33(36(2,3)4)40-31(43)24-51-20-19-50-18-17-49-16-15-48-14-13-47-12-11-46-10-9-37;/h5-8,25,29-30,33,42H,9-24,37H2,1-4H3,(H,38,44)(H,40,43);1H/t29-,30+,33?;/m1./s1. The summed E-state index contributed by atoms with van der Waals surface area (Å²) in [5, 5.41) is 16.2. The minimum Gasteiger partial charge on any atom is -0.391 e. The van der Waals surface area contributed by atoms with Gasteiger partial charge in [-0.1, -0.05) is 45.0 Å². The summed E-state index contributed by atoms with van der Waals surface area (Å²) in [6.07, 6.45) is -0.751. The number of aryl methyl sites for hydroxylation is 1.